The molecule has 2 atom stereocenters. The Morgan fingerprint density at radius 3 is 2.46 bits per heavy atom. The quantitative estimate of drug-likeness (QED) is 0.687. The lowest BCUT2D eigenvalue weighted by atomic mass is 10.2. The summed E-state index contributed by atoms with van der Waals surface area (Å²) in [6.45, 7) is 0. The van der Waals surface area contributed by atoms with Gasteiger partial charge in [0.05, 0.1) is 12.1 Å². The molecule has 0 bridgehead atoms. The van der Waals surface area contributed by atoms with E-state index in [0.717, 1.165) is 32.1 Å². The number of aliphatic hydroxyl groups excluding tert-OH is 1. The molecule has 2 saturated carbocycles. The first-order valence-electron chi connectivity index (χ1n) is 5.15. The number of hydrogen-bond acceptors (Lipinski definition) is 2. The van der Waals surface area contributed by atoms with Crippen LogP contribution in [0.1, 0.15) is 32.1 Å². The molecule has 0 aromatic rings. The molecule has 3 heteroatoms. The molecule has 1 amide bonds. The summed E-state index contributed by atoms with van der Waals surface area (Å²) < 4.78 is 0. The van der Waals surface area contributed by atoms with Gasteiger partial charge in [0.1, 0.15) is 0 Å². The normalized spacial score (nSPS) is 33.4. The lowest BCUT2D eigenvalue weighted by Gasteiger charge is -2.27. The predicted octanol–water partition coefficient (Wildman–Crippen LogP) is 0.768. The van der Waals surface area contributed by atoms with Crippen LogP contribution in [-0.2, 0) is 4.79 Å². The molecule has 1 N–H and O–H groups in total. The summed E-state index contributed by atoms with van der Waals surface area (Å²) in [5.74, 6) is 0.517. The van der Waals surface area contributed by atoms with Crippen molar-refractivity contribution in [1.82, 2.24) is 4.90 Å². The van der Waals surface area contributed by atoms with Crippen LogP contribution in [0, 0.1) is 5.92 Å². The van der Waals surface area contributed by atoms with Crippen molar-refractivity contribution in [2.24, 2.45) is 5.92 Å². The molecule has 2 rings (SSSR count). The Kier molecular flexibility index (Phi) is 2.28. The molecule has 0 aromatic heterocycles. The summed E-state index contributed by atoms with van der Waals surface area (Å²) in [6, 6.07) is 0.0908. The van der Waals surface area contributed by atoms with Gasteiger partial charge in [-0.1, -0.05) is 0 Å². The fourth-order valence-electron chi connectivity index (χ4n) is 2.15. The van der Waals surface area contributed by atoms with E-state index in [2.05, 4.69) is 0 Å². The first-order chi connectivity index (χ1) is 6.20. The number of amides is 1. The number of carbonyl (C=O) groups is 1. The Morgan fingerprint density at radius 1 is 1.31 bits per heavy atom. The van der Waals surface area contributed by atoms with Gasteiger partial charge in [0, 0.05) is 13.0 Å². The summed E-state index contributed by atoms with van der Waals surface area (Å²) in [5.41, 5.74) is 0. The van der Waals surface area contributed by atoms with Gasteiger partial charge < -0.3 is 10.0 Å². The van der Waals surface area contributed by atoms with E-state index in [1.165, 1.54) is 0 Å². The van der Waals surface area contributed by atoms with E-state index < -0.39 is 0 Å². The van der Waals surface area contributed by atoms with Gasteiger partial charge in [-0.25, -0.2) is 0 Å². The standard InChI is InChI=1S/C10H17NO2/c1-11(10(13)7-5-6-7)8-3-2-4-9(8)12/h7-9,12H,2-6H2,1H3/t8-,9-/m1/s1. The molecule has 0 heterocycles. The maximum atomic E-state index is 11.7. The summed E-state index contributed by atoms with van der Waals surface area (Å²) in [5, 5.41) is 9.62. The molecule has 2 fully saturated rings. The third-order valence-corrected chi connectivity index (χ3v) is 3.22. The molecule has 2 aliphatic rings. The number of rotatable bonds is 2. The number of carbonyl (C=O) groups excluding carboxylic acids is 1. The second-order valence-corrected chi connectivity index (χ2v) is 4.29. The summed E-state index contributed by atoms with van der Waals surface area (Å²) in [7, 11) is 1.83. The third kappa shape index (κ3) is 1.70. The van der Waals surface area contributed by atoms with Crippen LogP contribution in [0.3, 0.4) is 0 Å². The monoisotopic (exact) mass is 183 g/mol. The van der Waals surface area contributed by atoms with Crippen molar-refractivity contribution in [2.75, 3.05) is 7.05 Å². The molecule has 0 radical (unpaired) electrons. The van der Waals surface area contributed by atoms with Crippen LogP contribution < -0.4 is 0 Å². The number of hydrogen-bond donors (Lipinski definition) is 1. The number of aliphatic hydroxyl groups is 1. The zero-order valence-electron chi connectivity index (χ0n) is 8.07. The lowest BCUT2D eigenvalue weighted by molar-refractivity contribution is -0.135. The maximum absolute atomic E-state index is 11.7. The minimum atomic E-state index is -0.285. The Morgan fingerprint density at radius 2 is 2.00 bits per heavy atom. The van der Waals surface area contributed by atoms with Crippen LogP contribution in [0.4, 0.5) is 0 Å². The number of nitrogens with zero attached hydrogens (tertiary/aromatic N) is 1. The van der Waals surface area contributed by atoms with Gasteiger partial charge in [0.2, 0.25) is 5.91 Å². The first kappa shape index (κ1) is 9.00. The highest BCUT2D eigenvalue weighted by molar-refractivity contribution is 5.81. The van der Waals surface area contributed by atoms with E-state index in [-0.39, 0.29) is 24.0 Å². The second kappa shape index (κ2) is 3.29. The van der Waals surface area contributed by atoms with Gasteiger partial charge in [0.25, 0.3) is 0 Å². The molecule has 74 valence electrons. The van der Waals surface area contributed by atoms with E-state index in [9.17, 15) is 9.90 Å². The predicted molar refractivity (Wildman–Crippen MR) is 49.1 cm³/mol. The van der Waals surface area contributed by atoms with Crippen LogP contribution >= 0.6 is 0 Å². The molecular formula is C10H17NO2. The van der Waals surface area contributed by atoms with Crippen molar-refractivity contribution in [3.63, 3.8) is 0 Å². The average Bonchev–Trinajstić information content (AvgIpc) is 2.87. The van der Waals surface area contributed by atoms with E-state index in [4.69, 9.17) is 0 Å². The van der Waals surface area contributed by atoms with Gasteiger partial charge in [-0.3, -0.25) is 4.79 Å². The van der Waals surface area contributed by atoms with Gasteiger partial charge in [-0.2, -0.15) is 0 Å². The Labute approximate surface area is 78.7 Å². The van der Waals surface area contributed by atoms with E-state index >= 15 is 0 Å². The average molecular weight is 183 g/mol. The third-order valence-electron chi connectivity index (χ3n) is 3.22. The molecule has 0 spiro atoms. The zero-order valence-corrected chi connectivity index (χ0v) is 8.07. The zero-order chi connectivity index (χ0) is 9.42. The molecule has 0 saturated heterocycles. The maximum Gasteiger partial charge on any atom is 0.225 e. The van der Waals surface area contributed by atoms with Crippen molar-refractivity contribution in [2.45, 2.75) is 44.2 Å². The second-order valence-electron chi connectivity index (χ2n) is 4.29. The summed E-state index contributed by atoms with van der Waals surface area (Å²) >= 11 is 0. The molecule has 0 aromatic carbocycles. The summed E-state index contributed by atoms with van der Waals surface area (Å²) in [4.78, 5) is 13.4. The topological polar surface area (TPSA) is 40.5 Å². The van der Waals surface area contributed by atoms with Crippen molar-refractivity contribution < 1.29 is 9.90 Å². The van der Waals surface area contributed by atoms with Crippen molar-refractivity contribution in [3.05, 3.63) is 0 Å². The number of likely N-dealkylation sites (N-methyl/N-ethyl adjacent to an activating group) is 1. The highest BCUT2D eigenvalue weighted by Crippen LogP contribution is 2.33. The summed E-state index contributed by atoms with van der Waals surface area (Å²) in [6.07, 6.45) is 4.68. The Bertz CT molecular complexity index is 213. The van der Waals surface area contributed by atoms with Crippen LogP contribution in [0.5, 0.6) is 0 Å². The van der Waals surface area contributed by atoms with E-state index in [1.807, 2.05) is 7.05 Å². The first-order valence-corrected chi connectivity index (χ1v) is 5.15. The van der Waals surface area contributed by atoms with Gasteiger partial charge in [0.15, 0.2) is 0 Å². The molecule has 3 nitrogen and oxygen atoms in total. The van der Waals surface area contributed by atoms with Crippen LogP contribution in [0.2, 0.25) is 0 Å². The van der Waals surface area contributed by atoms with Crippen LogP contribution in [0.15, 0.2) is 0 Å². The van der Waals surface area contributed by atoms with Crippen molar-refractivity contribution >= 4 is 5.91 Å². The van der Waals surface area contributed by atoms with Crippen LogP contribution in [-0.4, -0.2) is 35.1 Å². The molecule has 0 aliphatic heterocycles. The molecule has 13 heavy (non-hydrogen) atoms. The van der Waals surface area contributed by atoms with E-state index in [0.29, 0.717) is 0 Å². The SMILES string of the molecule is CN(C(=O)C1CC1)[C@@H]1CCC[C@H]1O. The minimum absolute atomic E-state index is 0.0908. The Balaban J connectivity index is 1.94. The largest absolute Gasteiger partial charge is 0.391 e. The highest BCUT2D eigenvalue weighted by Gasteiger charge is 2.37. The Hall–Kier alpha value is -0.570. The smallest absolute Gasteiger partial charge is 0.225 e. The minimum Gasteiger partial charge on any atom is -0.391 e. The van der Waals surface area contributed by atoms with Gasteiger partial charge in [-0.15, -0.1) is 0 Å². The van der Waals surface area contributed by atoms with Crippen molar-refractivity contribution in [3.8, 4) is 0 Å². The van der Waals surface area contributed by atoms with Gasteiger partial charge in [-0.05, 0) is 32.1 Å². The molecule has 2 aliphatic carbocycles. The molecule has 0 unspecified atom stereocenters. The highest BCUT2D eigenvalue weighted by atomic mass is 16.3. The van der Waals surface area contributed by atoms with Crippen molar-refractivity contribution in [1.29, 1.82) is 0 Å². The molecular weight excluding hydrogens is 166 g/mol. The lowest BCUT2D eigenvalue weighted by Crippen LogP contribution is -2.42. The van der Waals surface area contributed by atoms with E-state index in [1.54, 1.807) is 4.90 Å². The van der Waals surface area contributed by atoms with Crippen LogP contribution in [0.25, 0.3) is 0 Å². The fraction of sp³-hybridized carbons (Fsp3) is 0.900. The fourth-order valence-corrected chi connectivity index (χ4v) is 2.15. The van der Waals surface area contributed by atoms with Gasteiger partial charge >= 0.3 is 0 Å².